The minimum Gasteiger partial charge on any atom is -0.492 e. The van der Waals surface area contributed by atoms with E-state index in [1.54, 1.807) is 0 Å². The average molecular weight is 263 g/mol. The number of ether oxygens (including phenoxy) is 2. The summed E-state index contributed by atoms with van der Waals surface area (Å²) >= 11 is 0. The molecule has 1 saturated heterocycles. The highest BCUT2D eigenvalue weighted by atomic mass is 16.5. The Hall–Kier alpha value is -1.06. The third-order valence-corrected chi connectivity index (χ3v) is 3.52. The quantitative estimate of drug-likeness (QED) is 0.815. The normalized spacial score (nSPS) is 16.8. The van der Waals surface area contributed by atoms with E-state index >= 15 is 0 Å². The molecule has 1 aromatic rings. The summed E-state index contributed by atoms with van der Waals surface area (Å²) in [6, 6.07) is 6.52. The fraction of sp³-hybridized carbons (Fsp3) is 0.625. The van der Waals surface area contributed by atoms with Crippen molar-refractivity contribution in [1.29, 1.82) is 0 Å². The van der Waals surface area contributed by atoms with Gasteiger partial charge >= 0.3 is 0 Å². The third kappa shape index (κ3) is 4.51. The lowest BCUT2D eigenvalue weighted by Crippen LogP contribution is -2.38. The van der Waals surface area contributed by atoms with Crippen molar-refractivity contribution in [1.82, 2.24) is 4.90 Å². The van der Waals surface area contributed by atoms with Gasteiger partial charge in [-0.05, 0) is 36.1 Å². The lowest BCUT2D eigenvalue weighted by atomic mass is 10.0. The summed E-state index contributed by atoms with van der Waals surface area (Å²) in [4.78, 5) is 2.39. The summed E-state index contributed by atoms with van der Waals surface area (Å²) in [5.74, 6) is 1.54. The number of nitrogens with zero attached hydrogens (tertiary/aromatic N) is 1. The van der Waals surface area contributed by atoms with Gasteiger partial charge in [-0.2, -0.15) is 0 Å². The average Bonchev–Trinajstić information content (AvgIpc) is 2.39. The van der Waals surface area contributed by atoms with Crippen LogP contribution in [-0.4, -0.2) is 44.4 Å². The van der Waals surface area contributed by atoms with Gasteiger partial charge in [0.25, 0.3) is 0 Å². The standard InChI is InChI=1S/C16H25NO2/c1-13(2)15-10-14(3)11-16(12-15)19-9-6-17-4-7-18-8-5-17/h10-13H,4-9H2,1-3H3. The van der Waals surface area contributed by atoms with Gasteiger partial charge in [0, 0.05) is 19.6 Å². The Morgan fingerprint density at radius 2 is 1.95 bits per heavy atom. The molecule has 1 aromatic carbocycles. The predicted octanol–water partition coefficient (Wildman–Crippen LogP) is 2.83. The molecule has 0 spiro atoms. The molecule has 0 aliphatic carbocycles. The molecular formula is C16H25NO2. The topological polar surface area (TPSA) is 21.7 Å². The number of aryl methyl sites for hydroxylation is 1. The van der Waals surface area contributed by atoms with E-state index in [1.807, 2.05) is 0 Å². The zero-order valence-corrected chi connectivity index (χ0v) is 12.3. The number of rotatable bonds is 5. The highest BCUT2D eigenvalue weighted by Gasteiger charge is 2.10. The fourth-order valence-electron chi connectivity index (χ4n) is 2.31. The van der Waals surface area contributed by atoms with E-state index in [4.69, 9.17) is 9.47 Å². The van der Waals surface area contributed by atoms with Crippen LogP contribution in [0.15, 0.2) is 18.2 Å². The summed E-state index contributed by atoms with van der Waals surface area (Å²) < 4.78 is 11.2. The highest BCUT2D eigenvalue weighted by molar-refractivity contribution is 5.35. The largest absolute Gasteiger partial charge is 0.492 e. The number of benzene rings is 1. The van der Waals surface area contributed by atoms with Crippen LogP contribution in [0.1, 0.15) is 30.9 Å². The molecule has 0 unspecified atom stereocenters. The third-order valence-electron chi connectivity index (χ3n) is 3.52. The highest BCUT2D eigenvalue weighted by Crippen LogP contribution is 2.22. The van der Waals surface area contributed by atoms with Crippen molar-refractivity contribution in [3.63, 3.8) is 0 Å². The van der Waals surface area contributed by atoms with Gasteiger partial charge < -0.3 is 9.47 Å². The van der Waals surface area contributed by atoms with Gasteiger partial charge in [0.05, 0.1) is 13.2 Å². The van der Waals surface area contributed by atoms with E-state index in [0.717, 1.165) is 45.2 Å². The molecule has 2 rings (SSSR count). The van der Waals surface area contributed by atoms with Crippen molar-refractivity contribution < 1.29 is 9.47 Å². The summed E-state index contributed by atoms with van der Waals surface area (Å²) in [5.41, 5.74) is 2.62. The summed E-state index contributed by atoms with van der Waals surface area (Å²) in [7, 11) is 0. The first-order valence-electron chi connectivity index (χ1n) is 7.19. The molecule has 0 amide bonds. The minimum atomic E-state index is 0.543. The molecule has 0 aromatic heterocycles. The maximum atomic E-state index is 5.90. The van der Waals surface area contributed by atoms with E-state index < -0.39 is 0 Å². The van der Waals surface area contributed by atoms with Crippen LogP contribution in [-0.2, 0) is 4.74 Å². The van der Waals surface area contributed by atoms with E-state index in [0.29, 0.717) is 5.92 Å². The Labute approximate surface area is 116 Å². The van der Waals surface area contributed by atoms with E-state index in [2.05, 4.69) is 43.9 Å². The molecule has 0 saturated carbocycles. The molecule has 3 heteroatoms. The van der Waals surface area contributed by atoms with Gasteiger partial charge in [0.2, 0.25) is 0 Å². The Kier molecular flexibility index (Phi) is 5.23. The van der Waals surface area contributed by atoms with Gasteiger partial charge in [0.1, 0.15) is 12.4 Å². The SMILES string of the molecule is Cc1cc(OCCN2CCOCC2)cc(C(C)C)c1. The van der Waals surface area contributed by atoms with E-state index in [9.17, 15) is 0 Å². The monoisotopic (exact) mass is 263 g/mol. The Balaban J connectivity index is 1.84. The lowest BCUT2D eigenvalue weighted by Gasteiger charge is -2.26. The van der Waals surface area contributed by atoms with Crippen LogP contribution in [0.25, 0.3) is 0 Å². The molecule has 1 aliphatic rings. The molecule has 3 nitrogen and oxygen atoms in total. The Bertz CT molecular complexity index is 398. The van der Waals surface area contributed by atoms with Crippen LogP contribution >= 0.6 is 0 Å². The predicted molar refractivity (Wildman–Crippen MR) is 78.0 cm³/mol. The summed E-state index contributed by atoms with van der Waals surface area (Å²) in [6.45, 7) is 12.0. The fourth-order valence-corrected chi connectivity index (χ4v) is 2.31. The summed E-state index contributed by atoms with van der Waals surface area (Å²) in [5, 5.41) is 0. The van der Waals surface area contributed by atoms with Gasteiger partial charge in [-0.3, -0.25) is 4.90 Å². The maximum absolute atomic E-state index is 5.90. The van der Waals surface area contributed by atoms with Crippen molar-refractivity contribution in [3.05, 3.63) is 29.3 Å². The van der Waals surface area contributed by atoms with Crippen molar-refractivity contribution in [2.75, 3.05) is 39.5 Å². The smallest absolute Gasteiger partial charge is 0.119 e. The molecule has 0 atom stereocenters. The van der Waals surface area contributed by atoms with Crippen LogP contribution < -0.4 is 4.74 Å². The van der Waals surface area contributed by atoms with Crippen molar-refractivity contribution in [2.24, 2.45) is 0 Å². The molecule has 106 valence electrons. The first-order chi connectivity index (χ1) is 9.15. The van der Waals surface area contributed by atoms with Crippen LogP contribution in [0.3, 0.4) is 0 Å². The molecule has 19 heavy (non-hydrogen) atoms. The van der Waals surface area contributed by atoms with Crippen molar-refractivity contribution >= 4 is 0 Å². The van der Waals surface area contributed by atoms with Crippen LogP contribution in [0.2, 0.25) is 0 Å². The van der Waals surface area contributed by atoms with Crippen LogP contribution in [0.5, 0.6) is 5.75 Å². The second-order valence-electron chi connectivity index (χ2n) is 5.54. The summed E-state index contributed by atoms with van der Waals surface area (Å²) in [6.07, 6.45) is 0. The lowest BCUT2D eigenvalue weighted by molar-refractivity contribution is 0.0322. The molecular weight excluding hydrogens is 238 g/mol. The van der Waals surface area contributed by atoms with Crippen LogP contribution in [0.4, 0.5) is 0 Å². The van der Waals surface area contributed by atoms with Gasteiger partial charge in [-0.1, -0.05) is 19.9 Å². The van der Waals surface area contributed by atoms with E-state index in [-0.39, 0.29) is 0 Å². The first-order valence-corrected chi connectivity index (χ1v) is 7.19. The molecule has 0 bridgehead atoms. The second-order valence-corrected chi connectivity index (χ2v) is 5.54. The Morgan fingerprint density at radius 1 is 1.21 bits per heavy atom. The second kappa shape index (κ2) is 6.92. The number of hydrogen-bond acceptors (Lipinski definition) is 3. The van der Waals surface area contributed by atoms with Gasteiger partial charge in [-0.15, -0.1) is 0 Å². The zero-order valence-electron chi connectivity index (χ0n) is 12.3. The van der Waals surface area contributed by atoms with Crippen molar-refractivity contribution in [2.45, 2.75) is 26.7 Å². The minimum absolute atomic E-state index is 0.543. The zero-order chi connectivity index (χ0) is 13.7. The molecule has 1 fully saturated rings. The first kappa shape index (κ1) is 14.4. The Morgan fingerprint density at radius 3 is 2.63 bits per heavy atom. The molecule has 1 heterocycles. The van der Waals surface area contributed by atoms with Crippen LogP contribution in [0, 0.1) is 6.92 Å². The van der Waals surface area contributed by atoms with Crippen molar-refractivity contribution in [3.8, 4) is 5.75 Å². The van der Waals surface area contributed by atoms with Gasteiger partial charge in [-0.25, -0.2) is 0 Å². The molecule has 0 N–H and O–H groups in total. The molecule has 1 aliphatic heterocycles. The number of morpholine rings is 1. The maximum Gasteiger partial charge on any atom is 0.119 e. The number of hydrogen-bond donors (Lipinski definition) is 0. The van der Waals surface area contributed by atoms with Gasteiger partial charge in [0.15, 0.2) is 0 Å². The van der Waals surface area contributed by atoms with E-state index in [1.165, 1.54) is 11.1 Å². The molecule has 0 radical (unpaired) electrons.